The van der Waals surface area contributed by atoms with Crippen LogP contribution >= 0.6 is 7.82 Å². The molecule has 0 aromatic rings. The molecule has 0 saturated heterocycles. The van der Waals surface area contributed by atoms with Gasteiger partial charge in [-0.25, -0.2) is 4.57 Å². The van der Waals surface area contributed by atoms with E-state index < -0.39 is 75.7 Å². The Morgan fingerprint density at radius 1 is 0.508 bits per heavy atom. The first-order valence-electron chi connectivity index (χ1n) is 23.1. The number of esters is 2. The van der Waals surface area contributed by atoms with Gasteiger partial charge in [-0.15, -0.1) is 0 Å². The normalized spacial score (nSPS) is 22.5. The smallest absolute Gasteiger partial charge is 0.462 e. The number of phosphoric ester groups is 1. The molecule has 1 saturated carbocycles. The summed E-state index contributed by atoms with van der Waals surface area (Å²) in [6.07, 6.45) is 25.2. The van der Waals surface area contributed by atoms with Crippen molar-refractivity contribution in [3.63, 3.8) is 0 Å². The average molecular weight is 863 g/mol. The molecule has 0 radical (unpaired) electrons. The van der Waals surface area contributed by atoms with Crippen molar-refractivity contribution < 1.29 is 63.1 Å². The van der Waals surface area contributed by atoms with Crippen LogP contribution in [0.3, 0.4) is 0 Å². The fourth-order valence-corrected chi connectivity index (χ4v) is 7.95. The van der Waals surface area contributed by atoms with Gasteiger partial charge in [0.2, 0.25) is 0 Å². The van der Waals surface area contributed by atoms with Crippen LogP contribution in [0.2, 0.25) is 0 Å². The lowest BCUT2D eigenvalue weighted by Gasteiger charge is -2.41. The topological polar surface area (TPSA) is 210 Å². The average Bonchev–Trinajstić information content (AvgIpc) is 3.21. The summed E-state index contributed by atoms with van der Waals surface area (Å²) in [6, 6.07) is 0. The van der Waals surface area contributed by atoms with E-state index in [4.69, 9.17) is 18.5 Å². The summed E-state index contributed by atoms with van der Waals surface area (Å²) in [5.74, 6) is -1.11. The van der Waals surface area contributed by atoms with Crippen molar-refractivity contribution in [3.05, 3.63) is 24.3 Å². The van der Waals surface area contributed by atoms with Gasteiger partial charge in [-0.2, -0.15) is 0 Å². The number of hydrogen-bond acceptors (Lipinski definition) is 12. The molecule has 6 unspecified atom stereocenters. The summed E-state index contributed by atoms with van der Waals surface area (Å²) in [7, 11) is -5.12. The Morgan fingerprint density at radius 2 is 0.864 bits per heavy atom. The second-order valence-corrected chi connectivity index (χ2v) is 17.7. The van der Waals surface area contributed by atoms with Crippen molar-refractivity contribution >= 4 is 19.8 Å². The highest BCUT2D eigenvalue weighted by atomic mass is 31.2. The van der Waals surface area contributed by atoms with Crippen LogP contribution in [0.5, 0.6) is 0 Å². The minimum atomic E-state index is -5.12. The highest BCUT2D eigenvalue weighted by Gasteiger charge is 2.51. The van der Waals surface area contributed by atoms with Crippen molar-refractivity contribution in [2.75, 3.05) is 13.2 Å². The van der Waals surface area contributed by atoms with Gasteiger partial charge in [0.05, 0.1) is 6.61 Å². The van der Waals surface area contributed by atoms with E-state index in [2.05, 4.69) is 38.2 Å². The van der Waals surface area contributed by atoms with E-state index in [1.807, 2.05) is 0 Å². The van der Waals surface area contributed by atoms with Gasteiger partial charge in [0.25, 0.3) is 0 Å². The molecular weight excluding hydrogens is 779 g/mol. The Labute approximate surface area is 356 Å². The number of unbranched alkanes of at least 4 members (excludes halogenated alkanes) is 22. The second kappa shape index (κ2) is 35.9. The number of aliphatic hydroxyl groups is 5. The Kier molecular flexibility index (Phi) is 33.7. The molecule has 6 atom stereocenters. The van der Waals surface area contributed by atoms with E-state index in [0.717, 1.165) is 77.0 Å². The van der Waals surface area contributed by atoms with Crippen LogP contribution in [-0.4, -0.2) is 98.3 Å². The van der Waals surface area contributed by atoms with Gasteiger partial charge in [-0.3, -0.25) is 18.6 Å². The number of rotatable bonds is 38. The maximum atomic E-state index is 12.8. The molecule has 14 heteroatoms. The van der Waals surface area contributed by atoms with Crippen molar-refractivity contribution in [2.45, 2.75) is 236 Å². The zero-order valence-electron chi connectivity index (χ0n) is 36.6. The van der Waals surface area contributed by atoms with Gasteiger partial charge in [-0.1, -0.05) is 141 Å². The van der Waals surface area contributed by atoms with Gasteiger partial charge in [0.1, 0.15) is 43.2 Å². The molecule has 0 spiro atoms. The molecule has 1 aliphatic carbocycles. The summed E-state index contributed by atoms with van der Waals surface area (Å²) in [4.78, 5) is 35.7. The minimum Gasteiger partial charge on any atom is -0.462 e. The Balaban J connectivity index is 2.47. The lowest BCUT2D eigenvalue weighted by Crippen LogP contribution is -2.64. The van der Waals surface area contributed by atoms with Gasteiger partial charge < -0.3 is 39.9 Å². The predicted molar refractivity (Wildman–Crippen MR) is 230 cm³/mol. The zero-order chi connectivity index (χ0) is 43.6. The van der Waals surface area contributed by atoms with E-state index in [1.165, 1.54) is 77.0 Å². The number of carbonyl (C=O) groups is 2. The highest BCUT2D eigenvalue weighted by molar-refractivity contribution is 7.47. The fraction of sp³-hybridized carbons (Fsp3) is 0.867. The number of allylic oxidation sites excluding steroid dienone is 4. The van der Waals surface area contributed by atoms with E-state index in [-0.39, 0.29) is 12.8 Å². The van der Waals surface area contributed by atoms with Crippen LogP contribution in [0, 0.1) is 0 Å². The number of ether oxygens (including phenoxy) is 2. The van der Waals surface area contributed by atoms with Crippen LogP contribution in [-0.2, 0) is 32.7 Å². The van der Waals surface area contributed by atoms with Crippen LogP contribution < -0.4 is 0 Å². The monoisotopic (exact) mass is 863 g/mol. The maximum absolute atomic E-state index is 12.8. The molecule has 1 fully saturated rings. The molecule has 0 aliphatic heterocycles. The standard InChI is InChI=1S/C45H83O13P/c1-3-5-7-9-11-13-15-17-19-21-23-25-27-29-31-33-38(46)55-35-37(36-56-59(53,54)58-45-43(51)41(49)40(48)42(50)44(45)52)57-39(47)34-32-30-28-26-24-22-20-18-16-14-12-10-8-6-4-2/h17-20,37,40-45,48-52H,3-16,21-36H2,1-2H3,(H,53,54)/b19-17-,20-18-. The van der Waals surface area contributed by atoms with Crippen LogP contribution in [0.4, 0.5) is 0 Å². The van der Waals surface area contributed by atoms with Crippen LogP contribution in [0.25, 0.3) is 0 Å². The van der Waals surface area contributed by atoms with E-state index >= 15 is 0 Å². The number of phosphoric acid groups is 1. The van der Waals surface area contributed by atoms with Gasteiger partial charge >= 0.3 is 19.8 Å². The molecule has 1 rings (SSSR count). The minimum absolute atomic E-state index is 0.0867. The fourth-order valence-electron chi connectivity index (χ4n) is 6.98. The van der Waals surface area contributed by atoms with Gasteiger partial charge in [0.15, 0.2) is 6.10 Å². The largest absolute Gasteiger partial charge is 0.472 e. The van der Waals surface area contributed by atoms with Gasteiger partial charge in [-0.05, 0) is 64.2 Å². The third-order valence-corrected chi connectivity index (χ3v) is 11.8. The maximum Gasteiger partial charge on any atom is 0.472 e. The van der Waals surface area contributed by atoms with Crippen molar-refractivity contribution in [1.29, 1.82) is 0 Å². The number of hydrogen-bond donors (Lipinski definition) is 6. The summed E-state index contributed by atoms with van der Waals surface area (Å²) < 4.78 is 33.5. The van der Waals surface area contributed by atoms with Crippen molar-refractivity contribution in [1.82, 2.24) is 0 Å². The molecule has 59 heavy (non-hydrogen) atoms. The molecule has 1 aliphatic rings. The molecule has 13 nitrogen and oxygen atoms in total. The summed E-state index contributed by atoms with van der Waals surface area (Å²) in [6.45, 7) is 3.28. The predicted octanol–water partition coefficient (Wildman–Crippen LogP) is 8.84. The first-order valence-corrected chi connectivity index (χ1v) is 24.6. The van der Waals surface area contributed by atoms with E-state index in [9.17, 15) is 44.6 Å². The third-order valence-electron chi connectivity index (χ3n) is 10.8. The number of aliphatic hydroxyl groups excluding tert-OH is 5. The molecule has 346 valence electrons. The summed E-state index contributed by atoms with van der Waals surface area (Å²) >= 11 is 0. The number of carbonyl (C=O) groups excluding carboxylic acids is 2. The molecular formula is C45H83O13P. The molecule has 0 heterocycles. The van der Waals surface area contributed by atoms with Crippen LogP contribution in [0.1, 0.15) is 194 Å². The van der Waals surface area contributed by atoms with Crippen molar-refractivity contribution in [2.24, 2.45) is 0 Å². The van der Waals surface area contributed by atoms with Crippen LogP contribution in [0.15, 0.2) is 24.3 Å². The second-order valence-electron chi connectivity index (χ2n) is 16.3. The highest BCUT2D eigenvalue weighted by Crippen LogP contribution is 2.47. The Bertz CT molecular complexity index is 1130. The first-order chi connectivity index (χ1) is 28.4. The van der Waals surface area contributed by atoms with Crippen molar-refractivity contribution in [3.8, 4) is 0 Å². The van der Waals surface area contributed by atoms with E-state index in [0.29, 0.717) is 12.8 Å². The summed E-state index contributed by atoms with van der Waals surface area (Å²) in [5.41, 5.74) is 0. The first kappa shape index (κ1) is 55.3. The molecule has 0 aromatic carbocycles. The van der Waals surface area contributed by atoms with Gasteiger partial charge in [0, 0.05) is 12.8 Å². The SMILES string of the molecule is CCCCCCCC/C=C\CCCCCCCC(=O)OCC(COP(=O)(O)OC1C(O)C(O)C(O)C(O)C1O)OC(=O)CCCCCCC/C=C\CCCCCCCC. The molecule has 0 bridgehead atoms. The molecule has 0 aromatic heterocycles. The zero-order valence-corrected chi connectivity index (χ0v) is 37.4. The third kappa shape index (κ3) is 28.5. The summed E-state index contributed by atoms with van der Waals surface area (Å²) in [5, 5.41) is 50.1. The lowest BCUT2D eigenvalue weighted by molar-refractivity contribution is -0.220. The Hall–Kier alpha value is -1.67. The van der Waals surface area contributed by atoms with E-state index in [1.54, 1.807) is 0 Å². The molecule has 6 N–H and O–H groups in total. The lowest BCUT2D eigenvalue weighted by atomic mass is 9.85. The quantitative estimate of drug-likeness (QED) is 0.0149. The Morgan fingerprint density at radius 3 is 1.29 bits per heavy atom. The molecule has 0 amide bonds.